The number of nitrogens with zero attached hydrogens (tertiary/aromatic N) is 2. The summed E-state index contributed by atoms with van der Waals surface area (Å²) in [5.41, 5.74) is 0. The molecule has 0 saturated carbocycles. The fraction of sp³-hybridized carbons (Fsp3) is 0.467. The van der Waals surface area contributed by atoms with Crippen molar-refractivity contribution in [2.45, 2.75) is 39.2 Å². The van der Waals surface area contributed by atoms with E-state index in [1.165, 1.54) is 9.75 Å². The van der Waals surface area contributed by atoms with Crippen LogP contribution in [-0.2, 0) is 12.8 Å². The lowest BCUT2D eigenvalue weighted by molar-refractivity contribution is 0.507. The second-order valence-electron chi connectivity index (χ2n) is 4.54. The summed E-state index contributed by atoms with van der Waals surface area (Å²) >= 11 is 1.89. The normalized spacial score (nSPS) is 12.5. The first-order valence-corrected chi connectivity index (χ1v) is 7.73. The van der Waals surface area contributed by atoms with Gasteiger partial charge in [0.25, 0.3) is 0 Å². The van der Waals surface area contributed by atoms with E-state index in [2.05, 4.69) is 41.3 Å². The van der Waals surface area contributed by atoms with Crippen molar-refractivity contribution in [1.29, 1.82) is 0 Å². The van der Waals surface area contributed by atoms with Gasteiger partial charge in [0.15, 0.2) is 0 Å². The Bertz CT molecular complexity index is 481. The molecule has 0 bridgehead atoms. The van der Waals surface area contributed by atoms with Gasteiger partial charge in [-0.15, -0.1) is 11.3 Å². The highest BCUT2D eigenvalue weighted by molar-refractivity contribution is 7.11. The van der Waals surface area contributed by atoms with Crippen molar-refractivity contribution in [3.63, 3.8) is 0 Å². The third-order valence-electron chi connectivity index (χ3n) is 3.01. The van der Waals surface area contributed by atoms with Gasteiger partial charge in [0.1, 0.15) is 5.82 Å². The maximum Gasteiger partial charge on any atom is 0.145 e. The van der Waals surface area contributed by atoms with Crippen LogP contribution in [0.15, 0.2) is 30.6 Å². The minimum Gasteiger partial charge on any atom is -0.307 e. The summed E-state index contributed by atoms with van der Waals surface area (Å²) in [6, 6.07) is 6.53. The van der Waals surface area contributed by atoms with Crippen LogP contribution in [0, 0.1) is 0 Å². The first-order valence-electron chi connectivity index (χ1n) is 6.91. The van der Waals surface area contributed by atoms with Crippen LogP contribution < -0.4 is 5.32 Å². The fourth-order valence-electron chi connectivity index (χ4n) is 1.99. The van der Waals surface area contributed by atoms with Gasteiger partial charge in [0.05, 0.1) is 6.04 Å². The summed E-state index contributed by atoms with van der Waals surface area (Å²) in [7, 11) is 0. The lowest BCUT2D eigenvalue weighted by atomic mass is 10.1. The van der Waals surface area contributed by atoms with E-state index in [1.807, 2.05) is 29.8 Å². The number of thiophene rings is 1. The third kappa shape index (κ3) is 4.11. The molecule has 0 aliphatic heterocycles. The minimum atomic E-state index is 0.213. The van der Waals surface area contributed by atoms with Crippen LogP contribution in [0.5, 0.6) is 0 Å². The maximum absolute atomic E-state index is 4.39. The van der Waals surface area contributed by atoms with Gasteiger partial charge in [0, 0.05) is 28.6 Å². The van der Waals surface area contributed by atoms with Crippen molar-refractivity contribution in [3.8, 4) is 0 Å². The SMILES string of the molecule is CCCNC(Cc1ccc(CC)s1)c1ncccn1. The zero-order valence-electron chi connectivity index (χ0n) is 11.6. The van der Waals surface area contributed by atoms with Crippen LogP contribution in [0.25, 0.3) is 0 Å². The van der Waals surface area contributed by atoms with Crippen LogP contribution in [0.4, 0.5) is 0 Å². The molecule has 2 heterocycles. The number of hydrogen-bond donors (Lipinski definition) is 1. The van der Waals surface area contributed by atoms with Gasteiger partial charge >= 0.3 is 0 Å². The van der Waals surface area contributed by atoms with Crippen molar-refractivity contribution >= 4 is 11.3 Å². The number of rotatable bonds is 7. The van der Waals surface area contributed by atoms with Crippen molar-refractivity contribution in [2.75, 3.05) is 6.54 Å². The summed E-state index contributed by atoms with van der Waals surface area (Å²) < 4.78 is 0. The number of nitrogens with one attached hydrogen (secondary N) is 1. The van der Waals surface area contributed by atoms with Gasteiger partial charge in [-0.3, -0.25) is 0 Å². The summed E-state index contributed by atoms with van der Waals surface area (Å²) in [5, 5.41) is 3.54. The highest BCUT2D eigenvalue weighted by Gasteiger charge is 2.15. The van der Waals surface area contributed by atoms with Gasteiger partial charge in [-0.1, -0.05) is 13.8 Å². The Kier molecular flexibility index (Phi) is 5.48. The standard InChI is InChI=1S/C15H21N3S/c1-3-8-16-14(15-17-9-5-10-18-15)11-13-7-6-12(4-2)19-13/h5-7,9-10,14,16H,3-4,8,11H2,1-2H3. The number of hydrogen-bond acceptors (Lipinski definition) is 4. The van der Waals surface area contributed by atoms with Crippen LogP contribution in [-0.4, -0.2) is 16.5 Å². The highest BCUT2D eigenvalue weighted by atomic mass is 32.1. The quantitative estimate of drug-likeness (QED) is 0.841. The van der Waals surface area contributed by atoms with Gasteiger partial charge in [-0.25, -0.2) is 9.97 Å². The summed E-state index contributed by atoms with van der Waals surface area (Å²) in [6.45, 7) is 5.37. The van der Waals surface area contributed by atoms with Crippen LogP contribution >= 0.6 is 11.3 Å². The molecule has 4 heteroatoms. The van der Waals surface area contributed by atoms with Crippen LogP contribution in [0.1, 0.15) is 41.9 Å². The molecule has 0 saturated heterocycles. The average molecular weight is 275 g/mol. The van der Waals surface area contributed by atoms with E-state index in [1.54, 1.807) is 0 Å². The van der Waals surface area contributed by atoms with E-state index in [-0.39, 0.29) is 6.04 Å². The van der Waals surface area contributed by atoms with E-state index in [0.717, 1.165) is 31.6 Å². The predicted molar refractivity (Wildman–Crippen MR) is 80.5 cm³/mol. The van der Waals surface area contributed by atoms with Crippen molar-refractivity contribution < 1.29 is 0 Å². The maximum atomic E-state index is 4.39. The predicted octanol–water partition coefficient (Wildman–Crippen LogP) is 3.38. The summed E-state index contributed by atoms with van der Waals surface area (Å²) in [6.07, 6.45) is 6.83. The van der Waals surface area contributed by atoms with Crippen molar-refractivity contribution in [2.24, 2.45) is 0 Å². The average Bonchev–Trinajstić information content (AvgIpc) is 2.92. The Morgan fingerprint density at radius 3 is 2.53 bits per heavy atom. The molecule has 1 unspecified atom stereocenters. The smallest absolute Gasteiger partial charge is 0.145 e. The van der Waals surface area contributed by atoms with Gasteiger partial charge in [-0.05, 0) is 37.6 Å². The van der Waals surface area contributed by atoms with Gasteiger partial charge in [0.2, 0.25) is 0 Å². The molecule has 2 aromatic rings. The first-order chi connectivity index (χ1) is 9.33. The lowest BCUT2D eigenvalue weighted by Crippen LogP contribution is -2.25. The Balaban J connectivity index is 2.09. The fourth-order valence-corrected chi connectivity index (χ4v) is 2.99. The van der Waals surface area contributed by atoms with Crippen LogP contribution in [0.3, 0.4) is 0 Å². The Hall–Kier alpha value is -1.26. The highest BCUT2D eigenvalue weighted by Crippen LogP contribution is 2.22. The zero-order valence-corrected chi connectivity index (χ0v) is 12.4. The third-order valence-corrected chi connectivity index (χ3v) is 4.26. The van der Waals surface area contributed by atoms with E-state index in [9.17, 15) is 0 Å². The molecular weight excluding hydrogens is 254 g/mol. The minimum absolute atomic E-state index is 0.213. The largest absolute Gasteiger partial charge is 0.307 e. The Morgan fingerprint density at radius 2 is 1.89 bits per heavy atom. The molecule has 3 nitrogen and oxygen atoms in total. The van der Waals surface area contributed by atoms with E-state index in [4.69, 9.17) is 0 Å². The molecular formula is C15H21N3S. The van der Waals surface area contributed by atoms with Gasteiger partial charge < -0.3 is 5.32 Å². The van der Waals surface area contributed by atoms with Crippen molar-refractivity contribution in [3.05, 3.63) is 46.2 Å². The molecule has 1 atom stereocenters. The van der Waals surface area contributed by atoms with Gasteiger partial charge in [-0.2, -0.15) is 0 Å². The first kappa shape index (κ1) is 14.2. The van der Waals surface area contributed by atoms with E-state index < -0.39 is 0 Å². The molecule has 102 valence electrons. The molecule has 0 aliphatic rings. The monoisotopic (exact) mass is 275 g/mol. The van der Waals surface area contributed by atoms with Crippen LogP contribution in [0.2, 0.25) is 0 Å². The molecule has 2 rings (SSSR count). The molecule has 0 spiro atoms. The Labute approximate surface area is 119 Å². The molecule has 0 aliphatic carbocycles. The van der Waals surface area contributed by atoms with E-state index >= 15 is 0 Å². The summed E-state index contributed by atoms with van der Waals surface area (Å²) in [5.74, 6) is 0.891. The number of aryl methyl sites for hydroxylation is 1. The molecule has 1 N–H and O–H groups in total. The van der Waals surface area contributed by atoms with E-state index in [0.29, 0.717) is 0 Å². The second kappa shape index (κ2) is 7.36. The topological polar surface area (TPSA) is 37.8 Å². The lowest BCUT2D eigenvalue weighted by Gasteiger charge is -2.16. The second-order valence-corrected chi connectivity index (χ2v) is 5.79. The molecule has 0 aromatic carbocycles. The zero-order chi connectivity index (χ0) is 13.5. The molecule has 0 amide bonds. The molecule has 19 heavy (non-hydrogen) atoms. The number of aromatic nitrogens is 2. The molecule has 0 fully saturated rings. The van der Waals surface area contributed by atoms with Crippen molar-refractivity contribution in [1.82, 2.24) is 15.3 Å². The summed E-state index contributed by atoms with van der Waals surface area (Å²) in [4.78, 5) is 11.6. The molecule has 2 aromatic heterocycles. The molecule has 0 radical (unpaired) electrons. The Morgan fingerprint density at radius 1 is 1.16 bits per heavy atom.